The van der Waals surface area contributed by atoms with Gasteiger partial charge in [-0.05, 0) is 26.8 Å². The third kappa shape index (κ3) is 5.36. The Labute approximate surface area is 118 Å². The maximum Gasteiger partial charge on any atom is 0.278 e. The molecule has 2 N–H and O–H groups in total. The molecule has 0 fully saturated rings. The van der Waals surface area contributed by atoms with Gasteiger partial charge in [-0.3, -0.25) is 14.9 Å². The molecule has 0 spiro atoms. The molecule has 0 aliphatic carbocycles. The summed E-state index contributed by atoms with van der Waals surface area (Å²) in [5.41, 5.74) is 0.470. The summed E-state index contributed by atoms with van der Waals surface area (Å²) in [6, 6.07) is 6.62. The normalized spacial score (nSPS) is 12.8. The lowest BCUT2D eigenvalue weighted by atomic mass is 10.1. The van der Waals surface area contributed by atoms with E-state index >= 15 is 0 Å². The number of nitro benzene ring substituents is 1. The van der Waals surface area contributed by atoms with Crippen LogP contribution in [0.1, 0.15) is 26.3 Å². The summed E-state index contributed by atoms with van der Waals surface area (Å²) in [5, 5.41) is 13.8. The molecule has 1 aromatic rings. The van der Waals surface area contributed by atoms with Crippen LogP contribution in [0.4, 0.5) is 5.69 Å². The van der Waals surface area contributed by atoms with Crippen LogP contribution in [-0.2, 0) is 11.3 Å². The van der Waals surface area contributed by atoms with Gasteiger partial charge in [-0.15, -0.1) is 0 Å². The number of hydrogen-bond donors (Lipinski definition) is 2. The Morgan fingerprint density at radius 3 is 2.50 bits per heavy atom. The summed E-state index contributed by atoms with van der Waals surface area (Å²) in [6.45, 7) is 6.48. The number of nitro groups is 1. The highest BCUT2D eigenvalue weighted by atomic mass is 16.6. The van der Waals surface area contributed by atoms with Crippen molar-refractivity contribution in [3.05, 3.63) is 39.9 Å². The average Bonchev–Trinajstić information content (AvgIpc) is 2.26. The van der Waals surface area contributed by atoms with Crippen LogP contribution in [-0.4, -0.2) is 30.0 Å². The van der Waals surface area contributed by atoms with E-state index in [1.807, 2.05) is 27.8 Å². The molecule has 1 unspecified atom stereocenters. The minimum absolute atomic E-state index is 0.0615. The zero-order valence-electron chi connectivity index (χ0n) is 12.4. The molecule has 1 amide bonds. The highest BCUT2D eigenvalue weighted by molar-refractivity contribution is 5.77. The number of quaternary nitrogens is 1. The number of benzene rings is 1. The van der Waals surface area contributed by atoms with Crippen molar-refractivity contribution < 1.29 is 14.6 Å². The first-order valence-corrected chi connectivity index (χ1v) is 6.53. The van der Waals surface area contributed by atoms with E-state index in [1.165, 1.54) is 6.07 Å². The molecule has 110 valence electrons. The van der Waals surface area contributed by atoms with Crippen LogP contribution in [0.5, 0.6) is 0 Å². The maximum absolute atomic E-state index is 11.8. The van der Waals surface area contributed by atoms with Crippen LogP contribution in [0.3, 0.4) is 0 Å². The SMILES string of the molecule is C[NH+](CC(=O)NC(C)(C)C)Cc1ccccc1[N+](=O)[O-]. The summed E-state index contributed by atoms with van der Waals surface area (Å²) in [6.07, 6.45) is 0. The van der Waals surface area contributed by atoms with E-state index < -0.39 is 4.92 Å². The van der Waals surface area contributed by atoms with Gasteiger partial charge in [0.1, 0.15) is 6.54 Å². The van der Waals surface area contributed by atoms with Crippen LogP contribution < -0.4 is 10.2 Å². The number of carbonyl (C=O) groups excluding carboxylic acids is 1. The van der Waals surface area contributed by atoms with Gasteiger partial charge >= 0.3 is 0 Å². The second-order valence-corrected chi connectivity index (χ2v) is 5.99. The topological polar surface area (TPSA) is 76.7 Å². The largest absolute Gasteiger partial charge is 0.347 e. The summed E-state index contributed by atoms with van der Waals surface area (Å²) >= 11 is 0. The molecular formula is C14H22N3O3+. The number of nitrogens with one attached hydrogen (secondary N) is 2. The van der Waals surface area contributed by atoms with Crippen molar-refractivity contribution in [3.63, 3.8) is 0 Å². The predicted molar refractivity (Wildman–Crippen MR) is 76.4 cm³/mol. The van der Waals surface area contributed by atoms with Crippen molar-refractivity contribution >= 4 is 11.6 Å². The van der Waals surface area contributed by atoms with Crippen LogP contribution in [0.25, 0.3) is 0 Å². The smallest absolute Gasteiger partial charge is 0.278 e. The van der Waals surface area contributed by atoms with Gasteiger partial charge in [0, 0.05) is 11.6 Å². The second kappa shape index (κ2) is 6.47. The van der Waals surface area contributed by atoms with Gasteiger partial charge in [0.05, 0.1) is 17.5 Å². The minimum Gasteiger partial charge on any atom is -0.347 e. The van der Waals surface area contributed by atoms with Gasteiger partial charge in [0.25, 0.3) is 11.6 Å². The number of nitrogens with zero attached hydrogens (tertiary/aromatic N) is 1. The van der Waals surface area contributed by atoms with Crippen LogP contribution in [0, 0.1) is 10.1 Å². The van der Waals surface area contributed by atoms with E-state index in [4.69, 9.17) is 0 Å². The summed E-state index contributed by atoms with van der Waals surface area (Å²) in [7, 11) is 1.85. The third-order valence-corrected chi connectivity index (χ3v) is 2.66. The first-order chi connectivity index (χ1) is 9.19. The molecule has 20 heavy (non-hydrogen) atoms. The lowest BCUT2D eigenvalue weighted by molar-refractivity contribution is -0.885. The number of amides is 1. The zero-order valence-corrected chi connectivity index (χ0v) is 12.4. The molecule has 0 bridgehead atoms. The Hall–Kier alpha value is -1.95. The maximum atomic E-state index is 11.8. The minimum atomic E-state index is -0.391. The zero-order chi connectivity index (χ0) is 15.3. The Morgan fingerprint density at radius 1 is 1.35 bits per heavy atom. The van der Waals surface area contributed by atoms with Crippen molar-refractivity contribution in [1.29, 1.82) is 0 Å². The molecule has 0 aliphatic heterocycles. The molecule has 1 aromatic carbocycles. The number of likely N-dealkylation sites (N-methyl/N-ethyl adjacent to an activating group) is 1. The highest BCUT2D eigenvalue weighted by Crippen LogP contribution is 2.16. The number of carbonyl (C=O) groups is 1. The predicted octanol–water partition coefficient (Wildman–Crippen LogP) is 0.524. The Balaban J connectivity index is 2.65. The monoisotopic (exact) mass is 280 g/mol. The molecule has 0 aromatic heterocycles. The van der Waals surface area contributed by atoms with E-state index in [9.17, 15) is 14.9 Å². The van der Waals surface area contributed by atoms with Crippen LogP contribution in [0.15, 0.2) is 24.3 Å². The van der Waals surface area contributed by atoms with E-state index in [1.54, 1.807) is 18.2 Å². The van der Waals surface area contributed by atoms with E-state index in [0.29, 0.717) is 12.1 Å². The van der Waals surface area contributed by atoms with Crippen LogP contribution in [0.2, 0.25) is 0 Å². The molecule has 6 heteroatoms. The van der Waals surface area contributed by atoms with Crippen LogP contribution >= 0.6 is 0 Å². The molecular weight excluding hydrogens is 258 g/mol. The Morgan fingerprint density at radius 2 is 1.95 bits per heavy atom. The molecule has 1 atom stereocenters. The van der Waals surface area contributed by atoms with E-state index in [2.05, 4.69) is 5.32 Å². The van der Waals surface area contributed by atoms with Gasteiger partial charge in [-0.2, -0.15) is 0 Å². The Kier molecular flexibility index (Phi) is 5.21. The van der Waals surface area contributed by atoms with E-state index in [0.717, 1.165) is 4.90 Å². The van der Waals surface area contributed by atoms with Gasteiger partial charge in [-0.25, -0.2) is 0 Å². The molecule has 0 radical (unpaired) electrons. The van der Waals surface area contributed by atoms with Crippen molar-refractivity contribution in [2.75, 3.05) is 13.6 Å². The molecule has 0 saturated carbocycles. The van der Waals surface area contributed by atoms with Gasteiger partial charge < -0.3 is 10.2 Å². The van der Waals surface area contributed by atoms with Crippen molar-refractivity contribution in [1.82, 2.24) is 5.32 Å². The quantitative estimate of drug-likeness (QED) is 0.610. The lowest BCUT2D eigenvalue weighted by Crippen LogP contribution is -3.09. The highest BCUT2D eigenvalue weighted by Gasteiger charge is 2.20. The first kappa shape index (κ1) is 16.1. The summed E-state index contributed by atoms with van der Waals surface area (Å²) in [5.74, 6) is -0.0615. The first-order valence-electron chi connectivity index (χ1n) is 6.53. The number of para-hydroxylation sites is 1. The van der Waals surface area contributed by atoms with Crippen molar-refractivity contribution in [2.45, 2.75) is 32.9 Å². The van der Waals surface area contributed by atoms with Crippen molar-refractivity contribution in [3.8, 4) is 0 Å². The van der Waals surface area contributed by atoms with Gasteiger partial charge in [0.15, 0.2) is 6.54 Å². The van der Waals surface area contributed by atoms with Gasteiger partial charge in [0.2, 0.25) is 0 Å². The summed E-state index contributed by atoms with van der Waals surface area (Å²) in [4.78, 5) is 23.3. The fourth-order valence-corrected chi connectivity index (χ4v) is 1.96. The third-order valence-electron chi connectivity index (χ3n) is 2.66. The lowest BCUT2D eigenvalue weighted by Gasteiger charge is -2.21. The van der Waals surface area contributed by atoms with Gasteiger partial charge in [-0.1, -0.05) is 12.1 Å². The van der Waals surface area contributed by atoms with E-state index in [-0.39, 0.29) is 23.7 Å². The fraction of sp³-hybridized carbons (Fsp3) is 0.500. The molecule has 0 saturated heterocycles. The summed E-state index contributed by atoms with van der Waals surface area (Å²) < 4.78 is 0. The molecule has 0 aliphatic rings. The molecule has 0 heterocycles. The molecule has 6 nitrogen and oxygen atoms in total. The Bertz CT molecular complexity index is 495. The fourth-order valence-electron chi connectivity index (χ4n) is 1.96. The average molecular weight is 280 g/mol. The second-order valence-electron chi connectivity index (χ2n) is 5.99. The number of hydrogen-bond acceptors (Lipinski definition) is 3. The molecule has 1 rings (SSSR count). The standard InChI is InChI=1S/C14H21N3O3/c1-14(2,3)15-13(18)10-16(4)9-11-7-5-6-8-12(11)17(19)20/h5-8H,9-10H2,1-4H3,(H,15,18)/p+1. The van der Waals surface area contributed by atoms with Crippen molar-refractivity contribution in [2.24, 2.45) is 0 Å². The number of rotatable bonds is 5.